The first-order chi connectivity index (χ1) is 10.4. The molecule has 0 fully saturated rings. The van der Waals surface area contributed by atoms with Crippen LogP contribution in [-0.4, -0.2) is 21.5 Å². The van der Waals surface area contributed by atoms with Gasteiger partial charge in [0.15, 0.2) is 0 Å². The van der Waals surface area contributed by atoms with Crippen LogP contribution in [0.2, 0.25) is 0 Å². The van der Waals surface area contributed by atoms with Crippen LogP contribution in [0.25, 0.3) is 0 Å². The molecule has 0 aromatic heterocycles. The summed E-state index contributed by atoms with van der Waals surface area (Å²) in [6.07, 6.45) is 3.08. The summed E-state index contributed by atoms with van der Waals surface area (Å²) >= 11 is 0. The third kappa shape index (κ3) is 4.83. The van der Waals surface area contributed by atoms with Gasteiger partial charge < -0.3 is 4.74 Å². The SMILES string of the molecule is CCCC(c1ccc(C(=O)OC)cc1C[SH](=O)=O)C(C)CC. The van der Waals surface area contributed by atoms with E-state index in [0.717, 1.165) is 30.4 Å². The monoisotopic (exact) mass is 326 g/mol. The van der Waals surface area contributed by atoms with Crippen molar-refractivity contribution in [3.8, 4) is 0 Å². The van der Waals surface area contributed by atoms with Crippen molar-refractivity contribution in [1.82, 2.24) is 0 Å². The maximum atomic E-state index is 11.7. The van der Waals surface area contributed by atoms with E-state index in [4.69, 9.17) is 4.74 Å². The van der Waals surface area contributed by atoms with E-state index < -0.39 is 16.7 Å². The Labute approximate surface area is 134 Å². The molecule has 0 spiro atoms. The van der Waals surface area contributed by atoms with Crippen molar-refractivity contribution >= 4 is 16.7 Å². The highest BCUT2D eigenvalue weighted by Crippen LogP contribution is 2.34. The Morgan fingerprint density at radius 1 is 1.27 bits per heavy atom. The molecule has 0 aliphatic carbocycles. The van der Waals surface area contributed by atoms with E-state index in [2.05, 4.69) is 20.8 Å². The molecule has 124 valence electrons. The number of hydrogen-bond donors (Lipinski definition) is 1. The fourth-order valence-corrected chi connectivity index (χ4v) is 3.38. The molecule has 0 radical (unpaired) electrons. The summed E-state index contributed by atoms with van der Waals surface area (Å²) < 4.78 is 27.1. The molecule has 0 saturated carbocycles. The number of hydrogen-bond acceptors (Lipinski definition) is 4. The number of carbonyl (C=O) groups is 1. The highest BCUT2D eigenvalue weighted by molar-refractivity contribution is 7.71. The smallest absolute Gasteiger partial charge is 0.337 e. The van der Waals surface area contributed by atoms with Gasteiger partial charge in [0.05, 0.1) is 18.4 Å². The predicted octanol–water partition coefficient (Wildman–Crippen LogP) is 3.51. The Kier molecular flexibility index (Phi) is 7.59. The maximum Gasteiger partial charge on any atom is 0.337 e. The van der Waals surface area contributed by atoms with Crippen LogP contribution in [0, 0.1) is 5.92 Å². The summed E-state index contributed by atoms with van der Waals surface area (Å²) in [5.74, 6) is 0.301. The molecule has 1 aromatic carbocycles. The largest absolute Gasteiger partial charge is 0.465 e. The zero-order chi connectivity index (χ0) is 16.7. The van der Waals surface area contributed by atoms with E-state index in [1.54, 1.807) is 12.1 Å². The van der Waals surface area contributed by atoms with Crippen molar-refractivity contribution in [3.05, 3.63) is 34.9 Å². The first-order valence-electron chi connectivity index (χ1n) is 7.77. The molecule has 0 N–H and O–H groups in total. The van der Waals surface area contributed by atoms with Gasteiger partial charge in [-0.05, 0) is 41.5 Å². The number of carbonyl (C=O) groups excluding carboxylic acids is 1. The zero-order valence-corrected chi connectivity index (χ0v) is 14.7. The predicted molar refractivity (Wildman–Crippen MR) is 88.9 cm³/mol. The van der Waals surface area contributed by atoms with Gasteiger partial charge in [-0.3, -0.25) is 0 Å². The topological polar surface area (TPSA) is 60.4 Å². The van der Waals surface area contributed by atoms with Gasteiger partial charge in [-0.15, -0.1) is 0 Å². The number of benzene rings is 1. The lowest BCUT2D eigenvalue weighted by Crippen LogP contribution is -2.13. The second-order valence-corrected chi connectivity index (χ2v) is 6.66. The highest BCUT2D eigenvalue weighted by Gasteiger charge is 2.21. The van der Waals surface area contributed by atoms with Crippen LogP contribution in [0.4, 0.5) is 0 Å². The van der Waals surface area contributed by atoms with Crippen LogP contribution < -0.4 is 0 Å². The second-order valence-electron chi connectivity index (χ2n) is 5.68. The van der Waals surface area contributed by atoms with Gasteiger partial charge in [0.1, 0.15) is 10.7 Å². The Balaban J connectivity index is 3.33. The molecule has 5 heteroatoms. The van der Waals surface area contributed by atoms with Crippen molar-refractivity contribution in [1.29, 1.82) is 0 Å². The Hall–Kier alpha value is -1.36. The van der Waals surface area contributed by atoms with Crippen LogP contribution in [0.1, 0.15) is 67.4 Å². The van der Waals surface area contributed by atoms with Crippen molar-refractivity contribution in [2.75, 3.05) is 7.11 Å². The van der Waals surface area contributed by atoms with E-state index in [1.165, 1.54) is 7.11 Å². The summed E-state index contributed by atoms with van der Waals surface area (Å²) in [5.41, 5.74) is 2.17. The summed E-state index contributed by atoms with van der Waals surface area (Å²) in [7, 11) is -1.22. The summed E-state index contributed by atoms with van der Waals surface area (Å²) in [6.45, 7) is 6.46. The van der Waals surface area contributed by atoms with Gasteiger partial charge >= 0.3 is 5.97 Å². The average Bonchev–Trinajstić information content (AvgIpc) is 2.50. The minimum absolute atomic E-state index is 0.0356. The lowest BCUT2D eigenvalue weighted by molar-refractivity contribution is 0.0600. The molecule has 0 heterocycles. The molecule has 4 nitrogen and oxygen atoms in total. The van der Waals surface area contributed by atoms with Gasteiger partial charge in [0.2, 0.25) is 0 Å². The standard InChI is InChI=1S/C17H26O4S/c1-5-7-15(12(3)6-2)16-9-8-13(17(18)21-4)10-14(16)11-22(19)20/h8-10,12,15,22H,5-7,11H2,1-4H3. The normalized spacial score (nSPS) is 13.9. The minimum Gasteiger partial charge on any atom is -0.465 e. The number of ether oxygens (including phenoxy) is 1. The van der Waals surface area contributed by atoms with Crippen LogP contribution in [-0.2, 0) is 21.2 Å². The maximum absolute atomic E-state index is 11.7. The van der Waals surface area contributed by atoms with Crippen LogP contribution in [0.5, 0.6) is 0 Å². The Morgan fingerprint density at radius 2 is 1.95 bits per heavy atom. The molecular formula is C17H26O4S. The lowest BCUT2D eigenvalue weighted by Gasteiger charge is -2.25. The fourth-order valence-electron chi connectivity index (χ4n) is 2.83. The van der Waals surface area contributed by atoms with Crippen LogP contribution in [0.15, 0.2) is 18.2 Å². The van der Waals surface area contributed by atoms with E-state index in [-0.39, 0.29) is 5.75 Å². The molecule has 0 aliphatic rings. The molecule has 1 rings (SSSR count). The second kappa shape index (κ2) is 8.93. The zero-order valence-electron chi connectivity index (χ0n) is 13.8. The van der Waals surface area contributed by atoms with Gasteiger partial charge in [-0.1, -0.05) is 39.7 Å². The van der Waals surface area contributed by atoms with Crippen LogP contribution in [0.3, 0.4) is 0 Å². The molecule has 0 amide bonds. The average molecular weight is 326 g/mol. The van der Waals surface area contributed by atoms with E-state index in [9.17, 15) is 13.2 Å². The molecule has 0 aliphatic heterocycles. The molecule has 2 atom stereocenters. The summed E-state index contributed by atoms with van der Waals surface area (Å²) in [6, 6.07) is 5.29. The fraction of sp³-hybridized carbons (Fsp3) is 0.588. The summed E-state index contributed by atoms with van der Waals surface area (Å²) in [5, 5.41) is 0. The van der Waals surface area contributed by atoms with Gasteiger partial charge in [-0.25, -0.2) is 13.2 Å². The Bertz CT molecular complexity index is 570. The van der Waals surface area contributed by atoms with E-state index in [1.807, 2.05) is 6.07 Å². The molecular weight excluding hydrogens is 300 g/mol. The minimum atomic E-state index is -2.54. The number of rotatable bonds is 8. The number of esters is 1. The van der Waals surface area contributed by atoms with Crippen molar-refractivity contribution < 1.29 is 17.9 Å². The first-order valence-corrected chi connectivity index (χ1v) is 9.13. The Morgan fingerprint density at radius 3 is 2.45 bits per heavy atom. The van der Waals surface area contributed by atoms with Gasteiger partial charge in [-0.2, -0.15) is 0 Å². The molecule has 22 heavy (non-hydrogen) atoms. The third-order valence-corrected chi connectivity index (χ3v) is 4.79. The van der Waals surface area contributed by atoms with Crippen LogP contribution >= 0.6 is 0 Å². The molecule has 0 saturated heterocycles. The number of methoxy groups -OCH3 is 1. The van der Waals surface area contributed by atoms with Gasteiger partial charge in [0, 0.05) is 0 Å². The first kappa shape index (κ1) is 18.7. The number of thiol groups is 1. The lowest BCUT2D eigenvalue weighted by atomic mass is 9.80. The van der Waals surface area contributed by atoms with Crippen molar-refractivity contribution in [2.45, 2.75) is 51.7 Å². The van der Waals surface area contributed by atoms with E-state index >= 15 is 0 Å². The van der Waals surface area contributed by atoms with Gasteiger partial charge in [0.25, 0.3) is 0 Å². The molecule has 0 bridgehead atoms. The highest BCUT2D eigenvalue weighted by atomic mass is 32.2. The van der Waals surface area contributed by atoms with Crippen molar-refractivity contribution in [3.63, 3.8) is 0 Å². The molecule has 1 aromatic rings. The summed E-state index contributed by atoms with van der Waals surface area (Å²) in [4.78, 5) is 11.7. The van der Waals surface area contributed by atoms with E-state index in [0.29, 0.717) is 17.4 Å². The third-order valence-electron chi connectivity index (χ3n) is 4.19. The quantitative estimate of drug-likeness (QED) is 0.586. The molecule has 2 unspecified atom stereocenters. The van der Waals surface area contributed by atoms with Crippen molar-refractivity contribution in [2.24, 2.45) is 5.92 Å².